The fraction of sp³-hybridized carbons (Fsp3) is 0.459. The van der Waals surface area contributed by atoms with Crippen LogP contribution < -0.4 is 10.2 Å². The van der Waals surface area contributed by atoms with E-state index in [0.717, 1.165) is 0 Å². The molecule has 4 N–H and O–H groups in total. The van der Waals surface area contributed by atoms with Crippen LogP contribution in [-0.2, 0) is 56.1 Å². The van der Waals surface area contributed by atoms with Crippen LogP contribution in [0, 0.1) is 12.3 Å². The van der Waals surface area contributed by atoms with E-state index in [4.69, 9.17) is 6.42 Å². The van der Waals surface area contributed by atoms with Crippen molar-refractivity contribution in [2.45, 2.75) is 86.3 Å². The number of unbranched alkanes of at least 4 members (excludes halogenated alkanes) is 2. The number of amides is 1. The second-order valence-electron chi connectivity index (χ2n) is 14.7. The van der Waals surface area contributed by atoms with Crippen LogP contribution in [0.5, 0.6) is 0 Å². The quantitative estimate of drug-likeness (QED) is 0.0680. The van der Waals surface area contributed by atoms with Crippen molar-refractivity contribution in [3.05, 3.63) is 71.5 Å². The van der Waals surface area contributed by atoms with E-state index >= 15 is 0 Å². The summed E-state index contributed by atoms with van der Waals surface area (Å²) >= 11 is 0. The Kier molecular flexibility index (Phi) is 14.1. The van der Waals surface area contributed by atoms with Gasteiger partial charge in [0, 0.05) is 53.9 Å². The maximum absolute atomic E-state index is 12.2. The van der Waals surface area contributed by atoms with Crippen molar-refractivity contribution in [2.75, 3.05) is 36.0 Å². The average Bonchev–Trinajstić information content (AvgIpc) is 3.44. The predicted octanol–water partition coefficient (Wildman–Crippen LogP) is 3.69. The summed E-state index contributed by atoms with van der Waals surface area (Å²) in [6.07, 6.45) is 12.6. The maximum atomic E-state index is 12.2. The van der Waals surface area contributed by atoms with E-state index in [0.29, 0.717) is 59.6 Å². The van der Waals surface area contributed by atoms with Gasteiger partial charge in [0.2, 0.25) is 11.6 Å². The minimum atomic E-state index is -4.88. The third-order valence-corrected chi connectivity index (χ3v) is 13.5. The molecule has 2 heterocycles. The lowest BCUT2D eigenvalue weighted by Crippen LogP contribution is -2.30. The van der Waals surface area contributed by atoms with Crippen molar-refractivity contribution in [1.29, 1.82) is 0 Å². The fourth-order valence-corrected chi connectivity index (χ4v) is 9.46. The molecule has 0 saturated heterocycles. The van der Waals surface area contributed by atoms with Gasteiger partial charge in [0.25, 0.3) is 30.4 Å². The van der Waals surface area contributed by atoms with Crippen LogP contribution in [0.3, 0.4) is 0 Å². The Bertz CT molecular complexity index is 2480. The molecule has 57 heavy (non-hydrogen) atoms. The summed E-state index contributed by atoms with van der Waals surface area (Å²) in [6, 6.07) is 8.00. The maximum Gasteiger partial charge on any atom is 0.294 e. The van der Waals surface area contributed by atoms with E-state index in [9.17, 15) is 56.7 Å². The lowest BCUT2D eigenvalue weighted by molar-refractivity contribution is -0.437. The number of hydrogen-bond acceptors (Lipinski definition) is 11. The Hall–Kier alpha value is -3.94. The van der Waals surface area contributed by atoms with Crippen LogP contribution in [0.2, 0.25) is 0 Å². The summed E-state index contributed by atoms with van der Waals surface area (Å²) < 4.78 is 138. The summed E-state index contributed by atoms with van der Waals surface area (Å²) in [5, 5.41) is 2.61. The summed E-state index contributed by atoms with van der Waals surface area (Å²) in [4.78, 5) is 13.1. The Morgan fingerprint density at radius 2 is 1.51 bits per heavy atom. The van der Waals surface area contributed by atoms with Gasteiger partial charge in [0.1, 0.15) is 16.7 Å². The Labute approximate surface area is 334 Å². The number of terminal acetylenes is 1. The highest BCUT2D eigenvalue weighted by Crippen LogP contribution is 2.51. The molecule has 2 aromatic carbocycles. The minimum absolute atomic E-state index is 0.00171. The van der Waals surface area contributed by atoms with E-state index in [2.05, 4.69) is 11.2 Å². The van der Waals surface area contributed by atoms with Crippen molar-refractivity contribution in [2.24, 2.45) is 0 Å². The SMILES string of the molecule is C#CCNC(=O)CCCCCC1(C)C(=CC=CC2=[N+](CCCS(=O)(=O)O)c3ccc(S(=O)(=O)O)cc3C2(C)C)N(CCCS(=O)(=O)O)c2ccc(S(=O)(=O)[O-])cc21. The van der Waals surface area contributed by atoms with Gasteiger partial charge in [-0.05, 0) is 82.0 Å². The first-order valence-corrected chi connectivity index (χ1v) is 24.0. The zero-order valence-corrected chi connectivity index (χ0v) is 35.0. The summed E-state index contributed by atoms with van der Waals surface area (Å²) in [5.74, 6) is 1.02. The molecule has 1 amide bonds. The van der Waals surface area contributed by atoms with E-state index < -0.39 is 67.7 Å². The number of anilines is 1. The molecule has 2 aliphatic rings. The van der Waals surface area contributed by atoms with E-state index in [1.165, 1.54) is 36.4 Å². The highest BCUT2D eigenvalue weighted by molar-refractivity contribution is 7.86. The lowest BCUT2D eigenvalue weighted by Gasteiger charge is -2.30. The highest BCUT2D eigenvalue weighted by Gasteiger charge is 2.46. The minimum Gasteiger partial charge on any atom is -0.744 e. The van der Waals surface area contributed by atoms with Gasteiger partial charge >= 0.3 is 0 Å². The molecular weight excluding hydrogens is 823 g/mol. The van der Waals surface area contributed by atoms with Gasteiger partial charge in [-0.2, -0.15) is 29.8 Å². The second kappa shape index (κ2) is 17.5. The van der Waals surface area contributed by atoms with E-state index in [1.807, 2.05) is 20.8 Å². The van der Waals surface area contributed by atoms with Crippen molar-refractivity contribution in [1.82, 2.24) is 5.32 Å². The van der Waals surface area contributed by atoms with Gasteiger partial charge in [-0.25, -0.2) is 8.42 Å². The number of rotatable bonds is 19. The molecule has 0 spiro atoms. The van der Waals surface area contributed by atoms with Gasteiger partial charge in [0.05, 0.1) is 33.3 Å². The highest BCUT2D eigenvalue weighted by atomic mass is 32.2. The molecular formula is C37H47N3O13S4. The average molecular weight is 870 g/mol. The van der Waals surface area contributed by atoms with Crippen LogP contribution in [0.15, 0.2) is 70.1 Å². The van der Waals surface area contributed by atoms with Crippen molar-refractivity contribution >= 4 is 63.5 Å². The van der Waals surface area contributed by atoms with Crippen molar-refractivity contribution in [3.8, 4) is 12.3 Å². The smallest absolute Gasteiger partial charge is 0.294 e. The zero-order chi connectivity index (χ0) is 42.6. The normalized spacial score (nSPS) is 18.9. The van der Waals surface area contributed by atoms with Gasteiger partial charge in [-0.1, -0.05) is 24.8 Å². The van der Waals surface area contributed by atoms with Crippen LogP contribution in [-0.4, -0.2) is 99.2 Å². The standard InChI is InChI=1S/C37H47N3O13S4/c1-5-20-38-35(41)14-7-6-8-19-37(4)30-26-28(57(51,52)53)16-18-32(30)40(22-11-24-55(45,46)47)34(37)13-9-12-33-36(2,3)29-25-27(56(48,49)50)15-17-31(29)39(33)21-10-23-54(42,43)44/h1,9,12-13,15-18,25-26H,6-8,10-11,14,19-24H2,2-4H3,(H4-,38,41,42,43,44,45,46,47,48,49,50,51,52,53). The molecule has 1 unspecified atom stereocenters. The number of nitrogens with one attached hydrogen (secondary N) is 1. The first-order chi connectivity index (χ1) is 26.3. The van der Waals surface area contributed by atoms with Crippen molar-refractivity contribution < 1.29 is 61.3 Å². The van der Waals surface area contributed by atoms with E-state index in [1.54, 1.807) is 27.7 Å². The number of fused-ring (bicyclic) bond motifs is 2. The van der Waals surface area contributed by atoms with Crippen LogP contribution in [0.25, 0.3) is 0 Å². The molecule has 2 aliphatic heterocycles. The van der Waals surface area contributed by atoms with Gasteiger partial charge in [-0.3, -0.25) is 18.5 Å². The van der Waals surface area contributed by atoms with Gasteiger partial charge in [-0.15, -0.1) is 6.42 Å². The number of hydrogen-bond donors (Lipinski definition) is 4. The third kappa shape index (κ3) is 11.4. The molecule has 0 saturated carbocycles. The lowest BCUT2D eigenvalue weighted by atomic mass is 9.77. The number of carbonyl (C=O) groups excluding carboxylic acids is 1. The number of benzene rings is 2. The molecule has 1 atom stereocenters. The van der Waals surface area contributed by atoms with Crippen LogP contribution in [0.1, 0.15) is 76.8 Å². The molecule has 0 aromatic heterocycles. The Balaban J connectivity index is 1.84. The topological polar surface area (TPSA) is 256 Å². The van der Waals surface area contributed by atoms with Gasteiger partial charge in [0.15, 0.2) is 5.71 Å². The third-order valence-electron chi connectivity index (χ3n) is 10.2. The number of allylic oxidation sites excluding steroid dienone is 4. The summed E-state index contributed by atoms with van der Waals surface area (Å²) in [5.41, 5.74) is 1.36. The molecule has 4 rings (SSSR count). The molecule has 0 aliphatic carbocycles. The second-order valence-corrected chi connectivity index (χ2v) is 20.6. The first kappa shape index (κ1) is 45.8. The Morgan fingerprint density at radius 1 is 0.877 bits per heavy atom. The van der Waals surface area contributed by atoms with Crippen molar-refractivity contribution in [3.63, 3.8) is 0 Å². The monoisotopic (exact) mass is 869 g/mol. The van der Waals surface area contributed by atoms with Gasteiger partial charge < -0.3 is 14.8 Å². The molecule has 20 heteroatoms. The number of carbonyl (C=O) groups is 1. The fourth-order valence-electron chi connectivity index (χ4n) is 7.47. The van der Waals surface area contributed by atoms with E-state index in [-0.39, 0.29) is 49.7 Å². The van der Waals surface area contributed by atoms with Crippen LogP contribution >= 0.6 is 0 Å². The summed E-state index contributed by atoms with van der Waals surface area (Å²) in [6.45, 7) is 5.73. The predicted molar refractivity (Wildman–Crippen MR) is 212 cm³/mol. The molecule has 0 fully saturated rings. The molecule has 16 nitrogen and oxygen atoms in total. The molecule has 0 radical (unpaired) electrons. The largest absolute Gasteiger partial charge is 0.744 e. The molecule has 312 valence electrons. The molecule has 2 aromatic rings. The van der Waals surface area contributed by atoms with Crippen LogP contribution in [0.4, 0.5) is 11.4 Å². The zero-order valence-electron chi connectivity index (χ0n) is 31.7. The molecule has 0 bridgehead atoms. The first-order valence-electron chi connectivity index (χ1n) is 17.9. The summed E-state index contributed by atoms with van der Waals surface area (Å²) in [7, 11) is -18.1. The Morgan fingerprint density at radius 3 is 2.12 bits per heavy atom. The number of nitrogens with zero attached hydrogens (tertiary/aromatic N) is 2.